The molecule has 0 aliphatic carbocycles. The zero-order valence-electron chi connectivity index (χ0n) is 9.67. The number of nitrogens with one attached hydrogen (secondary N) is 2. The largest absolute Gasteiger partial charge is 0.389 e. The van der Waals surface area contributed by atoms with Gasteiger partial charge in [-0.25, -0.2) is 0 Å². The summed E-state index contributed by atoms with van der Waals surface area (Å²) in [4.78, 5) is 0. The van der Waals surface area contributed by atoms with Crippen LogP contribution in [0.3, 0.4) is 0 Å². The molecule has 0 amide bonds. The maximum atomic E-state index is 9.58. The van der Waals surface area contributed by atoms with Gasteiger partial charge in [0.2, 0.25) is 0 Å². The van der Waals surface area contributed by atoms with Crippen LogP contribution in [-0.2, 0) is 6.54 Å². The lowest BCUT2D eigenvalue weighted by atomic mass is 10.1. The van der Waals surface area contributed by atoms with E-state index in [-0.39, 0.29) is 0 Å². The van der Waals surface area contributed by atoms with Crippen molar-refractivity contribution < 1.29 is 5.11 Å². The summed E-state index contributed by atoms with van der Waals surface area (Å²) in [5, 5.41) is 15.9. The van der Waals surface area contributed by atoms with Crippen LogP contribution in [0.4, 0.5) is 5.69 Å². The maximum absolute atomic E-state index is 9.58. The molecule has 0 unspecified atom stereocenters. The van der Waals surface area contributed by atoms with Crippen LogP contribution >= 0.6 is 0 Å². The van der Waals surface area contributed by atoms with Crippen LogP contribution in [-0.4, -0.2) is 24.3 Å². The molecule has 0 atom stereocenters. The number of aliphatic hydroxyl groups is 1. The molecule has 1 aromatic rings. The number of benzene rings is 1. The summed E-state index contributed by atoms with van der Waals surface area (Å²) >= 11 is 0. The molecule has 0 fully saturated rings. The Morgan fingerprint density at radius 1 is 1.33 bits per heavy atom. The summed E-state index contributed by atoms with van der Waals surface area (Å²) in [7, 11) is 1.93. The summed E-state index contributed by atoms with van der Waals surface area (Å²) in [6, 6.07) is 8.18. The van der Waals surface area contributed by atoms with Gasteiger partial charge in [-0.1, -0.05) is 12.1 Å². The van der Waals surface area contributed by atoms with E-state index in [1.54, 1.807) is 13.8 Å². The van der Waals surface area contributed by atoms with Gasteiger partial charge in [0.05, 0.1) is 5.60 Å². The summed E-state index contributed by atoms with van der Waals surface area (Å²) in [5.74, 6) is 0. The first kappa shape index (κ1) is 12.0. The van der Waals surface area contributed by atoms with Crippen LogP contribution in [0.2, 0.25) is 0 Å². The average Bonchev–Trinajstić information content (AvgIpc) is 2.15. The average molecular weight is 208 g/mol. The zero-order valence-corrected chi connectivity index (χ0v) is 9.67. The Kier molecular flexibility index (Phi) is 4.12. The molecule has 15 heavy (non-hydrogen) atoms. The second-order valence-electron chi connectivity index (χ2n) is 4.40. The summed E-state index contributed by atoms with van der Waals surface area (Å²) < 4.78 is 0. The minimum Gasteiger partial charge on any atom is -0.389 e. The molecule has 3 N–H and O–H groups in total. The molecule has 0 bridgehead atoms. The molecule has 84 valence electrons. The lowest BCUT2D eigenvalue weighted by Crippen LogP contribution is -2.29. The van der Waals surface area contributed by atoms with Crippen molar-refractivity contribution in [3.05, 3.63) is 29.8 Å². The smallest absolute Gasteiger partial charge is 0.0763 e. The maximum Gasteiger partial charge on any atom is 0.0763 e. The first-order valence-corrected chi connectivity index (χ1v) is 5.21. The van der Waals surface area contributed by atoms with Crippen molar-refractivity contribution in [3.8, 4) is 0 Å². The summed E-state index contributed by atoms with van der Waals surface area (Å²) in [6.07, 6.45) is 0. The number of rotatable bonds is 5. The Labute approximate surface area is 91.5 Å². The molecular weight excluding hydrogens is 188 g/mol. The quantitative estimate of drug-likeness (QED) is 0.688. The standard InChI is InChI=1S/C12H20N2O/c1-12(2,15)9-14-11-6-4-5-10(7-11)8-13-3/h4-7,13-15H,8-9H2,1-3H3. The molecule has 3 nitrogen and oxygen atoms in total. The molecule has 0 saturated carbocycles. The zero-order chi connectivity index (χ0) is 11.3. The van der Waals surface area contributed by atoms with Crippen LogP contribution in [0, 0.1) is 0 Å². The van der Waals surface area contributed by atoms with Crippen LogP contribution in [0.25, 0.3) is 0 Å². The van der Waals surface area contributed by atoms with Crippen molar-refractivity contribution in [2.45, 2.75) is 26.0 Å². The third kappa shape index (κ3) is 4.81. The van der Waals surface area contributed by atoms with Gasteiger partial charge in [0.15, 0.2) is 0 Å². The third-order valence-corrected chi connectivity index (χ3v) is 2.03. The number of anilines is 1. The van der Waals surface area contributed by atoms with Gasteiger partial charge in [-0.05, 0) is 38.6 Å². The van der Waals surface area contributed by atoms with E-state index in [9.17, 15) is 5.11 Å². The fraction of sp³-hybridized carbons (Fsp3) is 0.500. The van der Waals surface area contributed by atoms with Gasteiger partial charge in [0, 0.05) is 18.8 Å². The topological polar surface area (TPSA) is 44.3 Å². The Morgan fingerprint density at radius 2 is 2.07 bits per heavy atom. The second-order valence-corrected chi connectivity index (χ2v) is 4.40. The monoisotopic (exact) mass is 208 g/mol. The first-order chi connectivity index (χ1) is 7.01. The van der Waals surface area contributed by atoms with Crippen LogP contribution < -0.4 is 10.6 Å². The Bertz CT molecular complexity index is 305. The number of hydrogen-bond acceptors (Lipinski definition) is 3. The van der Waals surface area contributed by atoms with Gasteiger partial charge in [-0.2, -0.15) is 0 Å². The van der Waals surface area contributed by atoms with Crippen molar-refractivity contribution >= 4 is 5.69 Å². The van der Waals surface area contributed by atoms with E-state index in [0.717, 1.165) is 12.2 Å². The SMILES string of the molecule is CNCc1cccc(NCC(C)(C)O)c1. The van der Waals surface area contributed by atoms with Crippen molar-refractivity contribution in [2.24, 2.45) is 0 Å². The van der Waals surface area contributed by atoms with E-state index in [2.05, 4.69) is 22.8 Å². The lowest BCUT2D eigenvalue weighted by Gasteiger charge is -2.18. The van der Waals surface area contributed by atoms with E-state index in [4.69, 9.17) is 0 Å². The van der Waals surface area contributed by atoms with Crippen molar-refractivity contribution in [1.29, 1.82) is 0 Å². The normalized spacial score (nSPS) is 11.5. The highest BCUT2D eigenvalue weighted by molar-refractivity contribution is 5.45. The summed E-state index contributed by atoms with van der Waals surface area (Å²) in [5.41, 5.74) is 1.60. The van der Waals surface area contributed by atoms with Crippen LogP contribution in [0.1, 0.15) is 19.4 Å². The van der Waals surface area contributed by atoms with E-state index in [0.29, 0.717) is 6.54 Å². The number of hydrogen-bond donors (Lipinski definition) is 3. The second kappa shape index (κ2) is 5.14. The lowest BCUT2D eigenvalue weighted by molar-refractivity contribution is 0.0945. The van der Waals surface area contributed by atoms with Gasteiger partial charge in [0.1, 0.15) is 0 Å². The molecule has 0 spiro atoms. The molecule has 1 aromatic carbocycles. The molecule has 0 aliphatic heterocycles. The molecule has 0 heterocycles. The molecule has 3 heteroatoms. The highest BCUT2D eigenvalue weighted by Crippen LogP contribution is 2.12. The van der Waals surface area contributed by atoms with Crippen LogP contribution in [0.5, 0.6) is 0 Å². The molecule has 0 aromatic heterocycles. The molecular formula is C12H20N2O. The van der Waals surface area contributed by atoms with E-state index < -0.39 is 5.60 Å². The predicted molar refractivity (Wildman–Crippen MR) is 64.0 cm³/mol. The fourth-order valence-electron chi connectivity index (χ4n) is 1.31. The van der Waals surface area contributed by atoms with E-state index >= 15 is 0 Å². The van der Waals surface area contributed by atoms with Gasteiger partial charge >= 0.3 is 0 Å². The Hall–Kier alpha value is -1.06. The van der Waals surface area contributed by atoms with Crippen molar-refractivity contribution in [2.75, 3.05) is 18.9 Å². The Balaban J connectivity index is 2.57. The highest BCUT2D eigenvalue weighted by atomic mass is 16.3. The predicted octanol–water partition coefficient (Wildman–Crippen LogP) is 1.59. The highest BCUT2D eigenvalue weighted by Gasteiger charge is 2.11. The first-order valence-electron chi connectivity index (χ1n) is 5.21. The molecule has 1 rings (SSSR count). The van der Waals surface area contributed by atoms with Crippen LogP contribution in [0.15, 0.2) is 24.3 Å². The molecule has 0 aliphatic rings. The van der Waals surface area contributed by atoms with Gasteiger partial charge < -0.3 is 15.7 Å². The Morgan fingerprint density at radius 3 is 2.67 bits per heavy atom. The van der Waals surface area contributed by atoms with Gasteiger partial charge in [-0.15, -0.1) is 0 Å². The minimum absolute atomic E-state index is 0.552. The van der Waals surface area contributed by atoms with E-state index in [1.807, 2.05) is 19.2 Å². The molecule has 0 saturated heterocycles. The van der Waals surface area contributed by atoms with Gasteiger partial charge in [-0.3, -0.25) is 0 Å². The van der Waals surface area contributed by atoms with Crippen molar-refractivity contribution in [3.63, 3.8) is 0 Å². The van der Waals surface area contributed by atoms with Gasteiger partial charge in [0.25, 0.3) is 0 Å². The third-order valence-electron chi connectivity index (χ3n) is 2.03. The van der Waals surface area contributed by atoms with Crippen molar-refractivity contribution in [1.82, 2.24) is 5.32 Å². The molecule has 0 radical (unpaired) electrons. The minimum atomic E-state index is -0.682. The fourth-order valence-corrected chi connectivity index (χ4v) is 1.31. The summed E-state index contributed by atoms with van der Waals surface area (Å²) in [6.45, 7) is 4.99. The van der Waals surface area contributed by atoms with E-state index in [1.165, 1.54) is 5.56 Å².